The highest BCUT2D eigenvalue weighted by molar-refractivity contribution is 5.13. The summed E-state index contributed by atoms with van der Waals surface area (Å²) in [5.74, 6) is 0. The Balaban J connectivity index is 2.15. The van der Waals surface area contributed by atoms with Crippen LogP contribution >= 0.6 is 0 Å². The van der Waals surface area contributed by atoms with Gasteiger partial charge in [-0.1, -0.05) is 6.58 Å². The Kier molecular flexibility index (Phi) is 1.77. The first-order valence-electron chi connectivity index (χ1n) is 4.64. The highest BCUT2D eigenvalue weighted by Crippen LogP contribution is 2.41. The van der Waals surface area contributed by atoms with E-state index in [4.69, 9.17) is 4.74 Å². The summed E-state index contributed by atoms with van der Waals surface area (Å²) in [6.45, 7) is 5.75. The summed E-state index contributed by atoms with van der Waals surface area (Å²) in [5.41, 5.74) is 0.257. The number of rotatable bonds is 1. The van der Waals surface area contributed by atoms with E-state index in [-0.39, 0.29) is 12.2 Å². The van der Waals surface area contributed by atoms with Crippen LogP contribution in [0.3, 0.4) is 0 Å². The Morgan fingerprint density at radius 1 is 1.42 bits per heavy atom. The first-order valence-corrected chi connectivity index (χ1v) is 4.64. The molecule has 0 aliphatic carbocycles. The smallest absolute Gasteiger partial charge is 0.0900 e. The third kappa shape index (κ3) is 1.19. The van der Waals surface area contributed by atoms with E-state index in [1.165, 1.54) is 0 Å². The zero-order chi connectivity index (χ0) is 8.77. The molecule has 2 fully saturated rings. The molecule has 2 bridgehead atoms. The molecule has 2 aliphatic heterocycles. The maximum Gasteiger partial charge on any atom is 0.0900 e. The molecular weight excluding hydrogens is 152 g/mol. The molecule has 2 nitrogen and oxygen atoms in total. The molecule has 2 unspecified atom stereocenters. The van der Waals surface area contributed by atoms with Crippen molar-refractivity contribution in [2.45, 2.75) is 50.4 Å². The second-order valence-electron chi connectivity index (χ2n) is 4.18. The molecule has 2 rings (SSSR count). The summed E-state index contributed by atoms with van der Waals surface area (Å²) in [5, 5.41) is 10.1. The number of hydrogen-bond acceptors (Lipinski definition) is 2. The molecule has 2 saturated heterocycles. The van der Waals surface area contributed by atoms with Crippen LogP contribution in [0.4, 0.5) is 0 Å². The van der Waals surface area contributed by atoms with Gasteiger partial charge >= 0.3 is 0 Å². The minimum absolute atomic E-state index is 0.283. The lowest BCUT2D eigenvalue weighted by molar-refractivity contribution is -0.0919. The maximum absolute atomic E-state index is 10.1. The second kappa shape index (κ2) is 2.57. The van der Waals surface area contributed by atoms with Gasteiger partial charge in [-0.25, -0.2) is 0 Å². The summed E-state index contributed by atoms with van der Waals surface area (Å²) in [4.78, 5) is 0. The minimum Gasteiger partial charge on any atom is -0.385 e. The van der Waals surface area contributed by atoms with Crippen LogP contribution in [0.1, 0.15) is 32.6 Å². The highest BCUT2D eigenvalue weighted by Gasteiger charge is 2.43. The maximum atomic E-state index is 10.1. The van der Waals surface area contributed by atoms with Crippen molar-refractivity contribution in [1.29, 1.82) is 0 Å². The fraction of sp³-hybridized carbons (Fsp3) is 0.800. The quantitative estimate of drug-likeness (QED) is 0.603. The molecule has 2 heterocycles. The molecule has 1 N–H and O–H groups in total. The van der Waals surface area contributed by atoms with E-state index in [9.17, 15) is 5.11 Å². The van der Waals surface area contributed by atoms with Gasteiger partial charge in [-0.15, -0.1) is 0 Å². The monoisotopic (exact) mass is 168 g/mol. The van der Waals surface area contributed by atoms with E-state index in [0.29, 0.717) is 0 Å². The van der Waals surface area contributed by atoms with Crippen molar-refractivity contribution in [3.05, 3.63) is 12.2 Å². The summed E-state index contributed by atoms with van der Waals surface area (Å²) in [6.07, 6.45) is 4.29. The van der Waals surface area contributed by atoms with Gasteiger partial charge in [-0.3, -0.25) is 0 Å². The van der Waals surface area contributed by atoms with Crippen LogP contribution < -0.4 is 0 Å². The molecular formula is C10H16O2. The molecule has 0 radical (unpaired) electrons. The molecule has 0 aromatic heterocycles. The Labute approximate surface area is 73.2 Å². The van der Waals surface area contributed by atoms with Crippen molar-refractivity contribution in [3.8, 4) is 0 Å². The molecule has 0 aromatic carbocycles. The number of fused-ring (bicyclic) bond motifs is 2. The van der Waals surface area contributed by atoms with Gasteiger partial charge in [0.05, 0.1) is 17.8 Å². The predicted octanol–water partition coefficient (Wildman–Crippen LogP) is 1.64. The van der Waals surface area contributed by atoms with Crippen molar-refractivity contribution in [2.75, 3.05) is 0 Å². The SMILES string of the molecule is C=C(C)C1(O)CC2CCC(C1)O2. The average molecular weight is 168 g/mol. The van der Waals surface area contributed by atoms with Gasteiger partial charge < -0.3 is 9.84 Å². The van der Waals surface area contributed by atoms with E-state index < -0.39 is 5.60 Å². The third-order valence-electron chi connectivity index (χ3n) is 3.12. The van der Waals surface area contributed by atoms with Crippen molar-refractivity contribution < 1.29 is 9.84 Å². The molecule has 2 aliphatic rings. The van der Waals surface area contributed by atoms with Gasteiger partial charge in [0, 0.05) is 12.8 Å². The Morgan fingerprint density at radius 3 is 2.33 bits per heavy atom. The van der Waals surface area contributed by atoms with E-state index in [0.717, 1.165) is 31.3 Å². The van der Waals surface area contributed by atoms with E-state index in [1.807, 2.05) is 6.92 Å². The Morgan fingerprint density at radius 2 is 1.92 bits per heavy atom. The molecule has 12 heavy (non-hydrogen) atoms. The number of hydrogen-bond donors (Lipinski definition) is 1. The Bertz CT molecular complexity index is 198. The molecule has 68 valence electrons. The van der Waals surface area contributed by atoms with Crippen LogP contribution in [0.2, 0.25) is 0 Å². The summed E-state index contributed by atoms with van der Waals surface area (Å²) in [7, 11) is 0. The first kappa shape index (κ1) is 8.27. The lowest BCUT2D eigenvalue weighted by Crippen LogP contribution is -2.41. The molecule has 0 aromatic rings. The zero-order valence-electron chi connectivity index (χ0n) is 7.55. The third-order valence-corrected chi connectivity index (χ3v) is 3.12. The van der Waals surface area contributed by atoms with Gasteiger partial charge in [0.25, 0.3) is 0 Å². The predicted molar refractivity (Wildman–Crippen MR) is 46.9 cm³/mol. The van der Waals surface area contributed by atoms with Crippen molar-refractivity contribution in [3.63, 3.8) is 0 Å². The summed E-state index contributed by atoms with van der Waals surface area (Å²) < 4.78 is 5.64. The minimum atomic E-state index is -0.635. The van der Waals surface area contributed by atoms with Crippen molar-refractivity contribution in [2.24, 2.45) is 0 Å². The van der Waals surface area contributed by atoms with Gasteiger partial charge in [0.2, 0.25) is 0 Å². The van der Waals surface area contributed by atoms with Crippen LogP contribution in [0.25, 0.3) is 0 Å². The average Bonchev–Trinajstić information content (AvgIpc) is 2.30. The van der Waals surface area contributed by atoms with Crippen LogP contribution in [0.15, 0.2) is 12.2 Å². The van der Waals surface area contributed by atoms with E-state index in [1.54, 1.807) is 0 Å². The first-order chi connectivity index (χ1) is 5.60. The van der Waals surface area contributed by atoms with Crippen molar-refractivity contribution >= 4 is 0 Å². The topological polar surface area (TPSA) is 29.5 Å². The number of ether oxygens (including phenoxy) is 1. The van der Waals surface area contributed by atoms with Crippen LogP contribution in [-0.4, -0.2) is 22.9 Å². The summed E-state index contributed by atoms with van der Waals surface area (Å²) >= 11 is 0. The van der Waals surface area contributed by atoms with Crippen LogP contribution in [-0.2, 0) is 4.74 Å². The Hall–Kier alpha value is -0.340. The molecule has 2 heteroatoms. The lowest BCUT2D eigenvalue weighted by atomic mass is 9.85. The lowest BCUT2D eigenvalue weighted by Gasteiger charge is -2.36. The van der Waals surface area contributed by atoms with Gasteiger partial charge in [-0.05, 0) is 25.3 Å². The molecule has 2 atom stereocenters. The van der Waals surface area contributed by atoms with Gasteiger partial charge in [-0.2, -0.15) is 0 Å². The van der Waals surface area contributed by atoms with Crippen LogP contribution in [0, 0.1) is 0 Å². The van der Waals surface area contributed by atoms with Gasteiger partial charge in [0.15, 0.2) is 0 Å². The zero-order valence-corrected chi connectivity index (χ0v) is 7.55. The second-order valence-corrected chi connectivity index (χ2v) is 4.18. The fourth-order valence-corrected chi connectivity index (χ4v) is 2.27. The molecule has 0 saturated carbocycles. The van der Waals surface area contributed by atoms with Crippen molar-refractivity contribution in [1.82, 2.24) is 0 Å². The molecule has 0 spiro atoms. The van der Waals surface area contributed by atoms with Crippen LogP contribution in [0.5, 0.6) is 0 Å². The standard InChI is InChI=1S/C10H16O2/c1-7(2)10(11)5-8-3-4-9(6-10)12-8/h8-9,11H,1,3-6H2,2H3. The van der Waals surface area contributed by atoms with Gasteiger partial charge in [0.1, 0.15) is 0 Å². The normalized spacial score (nSPS) is 46.2. The number of aliphatic hydroxyl groups is 1. The largest absolute Gasteiger partial charge is 0.385 e. The highest BCUT2D eigenvalue weighted by atomic mass is 16.5. The summed E-state index contributed by atoms with van der Waals surface area (Å²) in [6, 6.07) is 0. The van der Waals surface area contributed by atoms with E-state index in [2.05, 4.69) is 6.58 Å². The van der Waals surface area contributed by atoms with E-state index >= 15 is 0 Å². The molecule has 0 amide bonds. The fourth-order valence-electron chi connectivity index (χ4n) is 2.27.